The van der Waals surface area contributed by atoms with E-state index in [9.17, 15) is 9.59 Å². The van der Waals surface area contributed by atoms with Crippen LogP contribution >= 0.6 is 0 Å². The first kappa shape index (κ1) is 17.5. The van der Waals surface area contributed by atoms with Gasteiger partial charge in [-0.3, -0.25) is 9.59 Å². The fourth-order valence-electron chi connectivity index (χ4n) is 3.94. The predicted octanol–water partition coefficient (Wildman–Crippen LogP) is 2.85. The van der Waals surface area contributed by atoms with Crippen molar-refractivity contribution in [2.24, 2.45) is 17.6 Å². The Hall–Kier alpha value is -2.30. The molecule has 0 saturated heterocycles. The highest BCUT2D eigenvalue weighted by atomic mass is 16.2. The average molecular weight is 341 g/mol. The molecule has 5 nitrogen and oxygen atoms in total. The molecule has 0 radical (unpaired) electrons. The van der Waals surface area contributed by atoms with Crippen molar-refractivity contribution >= 4 is 22.7 Å². The lowest BCUT2D eigenvalue weighted by atomic mass is 9.80. The SMILES string of the molecule is CCC(C)[C@H](NC(=O)C1Cc2c([nH]c3ccccc23)C(C)C1)C(N)=O. The second kappa shape index (κ2) is 6.90. The third kappa shape index (κ3) is 3.28. The summed E-state index contributed by atoms with van der Waals surface area (Å²) in [6, 6.07) is 7.61. The largest absolute Gasteiger partial charge is 0.368 e. The van der Waals surface area contributed by atoms with Gasteiger partial charge in [-0.1, -0.05) is 45.4 Å². The monoisotopic (exact) mass is 341 g/mol. The molecule has 0 fully saturated rings. The zero-order valence-electron chi connectivity index (χ0n) is 15.1. The number of rotatable bonds is 5. The maximum absolute atomic E-state index is 12.8. The van der Waals surface area contributed by atoms with Crippen LogP contribution in [0.1, 0.15) is 50.8 Å². The number of nitrogens with one attached hydrogen (secondary N) is 2. The maximum Gasteiger partial charge on any atom is 0.240 e. The third-order valence-electron chi connectivity index (χ3n) is 5.62. The van der Waals surface area contributed by atoms with Crippen LogP contribution in [0.15, 0.2) is 24.3 Å². The number of aromatic nitrogens is 1. The number of aromatic amines is 1. The number of carbonyl (C=O) groups is 2. The molecule has 1 heterocycles. The average Bonchev–Trinajstić information content (AvgIpc) is 2.98. The summed E-state index contributed by atoms with van der Waals surface area (Å²) in [7, 11) is 0. The fraction of sp³-hybridized carbons (Fsp3) is 0.500. The van der Waals surface area contributed by atoms with Crippen LogP contribution in [0.4, 0.5) is 0 Å². The summed E-state index contributed by atoms with van der Waals surface area (Å²) < 4.78 is 0. The predicted molar refractivity (Wildman–Crippen MR) is 99.1 cm³/mol. The lowest BCUT2D eigenvalue weighted by molar-refractivity contribution is -0.131. The summed E-state index contributed by atoms with van der Waals surface area (Å²) in [6.45, 7) is 6.08. The van der Waals surface area contributed by atoms with Crippen LogP contribution in [-0.4, -0.2) is 22.8 Å². The van der Waals surface area contributed by atoms with Gasteiger partial charge in [0.15, 0.2) is 0 Å². The van der Waals surface area contributed by atoms with Gasteiger partial charge in [0.05, 0.1) is 0 Å². The van der Waals surface area contributed by atoms with E-state index < -0.39 is 11.9 Å². The van der Waals surface area contributed by atoms with E-state index in [4.69, 9.17) is 5.73 Å². The van der Waals surface area contributed by atoms with E-state index in [2.05, 4.69) is 29.4 Å². The van der Waals surface area contributed by atoms with Crippen molar-refractivity contribution in [2.75, 3.05) is 0 Å². The summed E-state index contributed by atoms with van der Waals surface area (Å²) in [4.78, 5) is 28.0. The third-order valence-corrected chi connectivity index (χ3v) is 5.62. The molecule has 4 atom stereocenters. The van der Waals surface area contributed by atoms with Gasteiger partial charge in [-0.25, -0.2) is 0 Å². The summed E-state index contributed by atoms with van der Waals surface area (Å²) in [5.74, 6) is -0.340. The van der Waals surface area contributed by atoms with E-state index >= 15 is 0 Å². The molecule has 2 amide bonds. The Morgan fingerprint density at radius 1 is 1.36 bits per heavy atom. The minimum atomic E-state index is -0.600. The molecular weight excluding hydrogens is 314 g/mol. The number of carbonyl (C=O) groups excluding carboxylic acids is 2. The van der Waals surface area contributed by atoms with Crippen molar-refractivity contribution < 1.29 is 9.59 Å². The molecule has 3 rings (SSSR count). The Morgan fingerprint density at radius 3 is 2.76 bits per heavy atom. The zero-order chi connectivity index (χ0) is 18.1. The minimum absolute atomic E-state index is 0.0334. The molecule has 0 spiro atoms. The van der Waals surface area contributed by atoms with Crippen molar-refractivity contribution in [1.82, 2.24) is 10.3 Å². The number of nitrogens with two attached hydrogens (primary N) is 1. The van der Waals surface area contributed by atoms with Gasteiger partial charge in [-0.05, 0) is 36.3 Å². The van der Waals surface area contributed by atoms with Gasteiger partial charge in [0.25, 0.3) is 0 Å². The van der Waals surface area contributed by atoms with Gasteiger partial charge in [0.2, 0.25) is 11.8 Å². The van der Waals surface area contributed by atoms with E-state index in [-0.39, 0.29) is 23.7 Å². The Labute approximate surface area is 148 Å². The first-order chi connectivity index (χ1) is 11.9. The Balaban J connectivity index is 1.82. The van der Waals surface area contributed by atoms with Crippen molar-refractivity contribution in [1.29, 1.82) is 0 Å². The Kier molecular flexibility index (Phi) is 4.84. The topological polar surface area (TPSA) is 88.0 Å². The van der Waals surface area contributed by atoms with Gasteiger partial charge in [0.1, 0.15) is 6.04 Å². The quantitative estimate of drug-likeness (QED) is 0.781. The molecule has 4 N–H and O–H groups in total. The van der Waals surface area contributed by atoms with E-state index in [0.717, 1.165) is 18.4 Å². The molecule has 3 unspecified atom stereocenters. The molecule has 25 heavy (non-hydrogen) atoms. The first-order valence-electron chi connectivity index (χ1n) is 9.11. The number of primary amides is 1. The first-order valence-corrected chi connectivity index (χ1v) is 9.11. The summed E-state index contributed by atoms with van der Waals surface area (Å²) in [5.41, 5.74) is 9.08. The molecule has 1 aliphatic rings. The highest BCUT2D eigenvalue weighted by molar-refractivity contribution is 5.90. The van der Waals surface area contributed by atoms with Crippen LogP contribution in [-0.2, 0) is 16.0 Å². The smallest absolute Gasteiger partial charge is 0.240 e. The van der Waals surface area contributed by atoms with Gasteiger partial charge < -0.3 is 16.0 Å². The van der Waals surface area contributed by atoms with Crippen LogP contribution in [0.3, 0.4) is 0 Å². The summed E-state index contributed by atoms with van der Waals surface area (Å²) in [5, 5.41) is 4.09. The van der Waals surface area contributed by atoms with Crippen LogP contribution in [0, 0.1) is 11.8 Å². The van der Waals surface area contributed by atoms with Crippen molar-refractivity contribution in [3.05, 3.63) is 35.5 Å². The highest BCUT2D eigenvalue weighted by Gasteiger charge is 2.33. The standard InChI is InChI=1S/C20H27N3O2/c1-4-11(2)18(19(21)24)23-20(25)13-9-12(3)17-15(10-13)14-7-5-6-8-16(14)22-17/h5-8,11-13,18,22H,4,9-10H2,1-3H3,(H2,21,24)(H,23,25)/t11?,12?,13?,18-/m0/s1. The van der Waals surface area contributed by atoms with E-state index in [1.807, 2.05) is 26.0 Å². The number of amides is 2. The second-order valence-corrected chi connectivity index (χ2v) is 7.37. The lowest BCUT2D eigenvalue weighted by Gasteiger charge is -2.29. The van der Waals surface area contributed by atoms with Crippen molar-refractivity contribution in [3.63, 3.8) is 0 Å². The number of para-hydroxylation sites is 1. The number of hydrogen-bond donors (Lipinski definition) is 3. The molecule has 2 aromatic rings. The molecule has 1 aromatic carbocycles. The Bertz CT molecular complexity index is 795. The maximum atomic E-state index is 12.8. The highest BCUT2D eigenvalue weighted by Crippen LogP contribution is 2.38. The number of hydrogen-bond acceptors (Lipinski definition) is 2. The van der Waals surface area contributed by atoms with Gasteiger partial charge >= 0.3 is 0 Å². The molecule has 1 aliphatic carbocycles. The lowest BCUT2D eigenvalue weighted by Crippen LogP contribution is -2.50. The van der Waals surface area contributed by atoms with E-state index in [1.54, 1.807) is 0 Å². The summed E-state index contributed by atoms with van der Waals surface area (Å²) >= 11 is 0. The van der Waals surface area contributed by atoms with Crippen molar-refractivity contribution in [3.8, 4) is 0 Å². The summed E-state index contributed by atoms with van der Waals surface area (Å²) in [6.07, 6.45) is 2.26. The van der Waals surface area contributed by atoms with Gasteiger partial charge in [0, 0.05) is 22.5 Å². The normalized spacial score (nSPS) is 22.2. The van der Waals surface area contributed by atoms with Crippen LogP contribution in [0.5, 0.6) is 0 Å². The van der Waals surface area contributed by atoms with E-state index in [1.165, 1.54) is 16.6 Å². The van der Waals surface area contributed by atoms with Crippen molar-refractivity contribution in [2.45, 2.75) is 52.0 Å². The molecular formula is C20H27N3O2. The molecule has 0 aliphatic heterocycles. The van der Waals surface area contributed by atoms with E-state index in [0.29, 0.717) is 6.42 Å². The van der Waals surface area contributed by atoms with Gasteiger partial charge in [-0.2, -0.15) is 0 Å². The fourth-order valence-corrected chi connectivity index (χ4v) is 3.94. The molecule has 0 saturated carbocycles. The van der Waals surface area contributed by atoms with Crippen LogP contribution in [0.2, 0.25) is 0 Å². The second-order valence-electron chi connectivity index (χ2n) is 7.37. The Morgan fingerprint density at radius 2 is 2.08 bits per heavy atom. The molecule has 5 heteroatoms. The molecule has 1 aromatic heterocycles. The number of fused-ring (bicyclic) bond motifs is 3. The van der Waals surface area contributed by atoms with Gasteiger partial charge in [-0.15, -0.1) is 0 Å². The molecule has 0 bridgehead atoms. The van der Waals surface area contributed by atoms with Crippen LogP contribution in [0.25, 0.3) is 10.9 Å². The number of H-pyrrole nitrogens is 1. The minimum Gasteiger partial charge on any atom is -0.368 e. The molecule has 134 valence electrons. The zero-order valence-corrected chi connectivity index (χ0v) is 15.1. The van der Waals surface area contributed by atoms with Crippen LogP contribution < -0.4 is 11.1 Å². The number of benzene rings is 1.